The molecule has 0 aromatic heterocycles. The van der Waals surface area contributed by atoms with Crippen molar-refractivity contribution in [2.75, 3.05) is 0 Å². The third-order valence-corrected chi connectivity index (χ3v) is 17.5. The topological polar surface area (TPSA) is 0 Å². The maximum Gasteiger partial charge on any atom is 0.0159 e. The summed E-state index contributed by atoms with van der Waals surface area (Å²) in [6.45, 7) is 14.4. The van der Waals surface area contributed by atoms with Gasteiger partial charge in [-0.05, 0) is 156 Å². The van der Waals surface area contributed by atoms with Crippen molar-refractivity contribution < 1.29 is 0 Å². The Morgan fingerprint density at radius 2 is 0.859 bits per heavy atom. The van der Waals surface area contributed by atoms with Gasteiger partial charge in [0.25, 0.3) is 0 Å². The van der Waals surface area contributed by atoms with E-state index < -0.39 is 0 Å². The first-order chi connectivity index (χ1) is 34.4. The molecule has 0 radical (unpaired) electrons. The fourth-order valence-electron chi connectivity index (χ4n) is 13.1. The predicted molar refractivity (Wildman–Crippen MR) is 304 cm³/mol. The molecule has 0 spiro atoms. The van der Waals surface area contributed by atoms with Crippen molar-refractivity contribution in [2.24, 2.45) is 0 Å². The lowest BCUT2D eigenvalue weighted by atomic mass is 9.73. The first-order valence-corrected chi connectivity index (χ1v) is 25.7. The van der Waals surface area contributed by atoms with E-state index in [0.29, 0.717) is 0 Å². The Kier molecular flexibility index (Phi) is 8.96. The highest BCUT2D eigenvalue weighted by Gasteiger charge is 2.38. The van der Waals surface area contributed by atoms with Gasteiger partial charge in [0.15, 0.2) is 0 Å². The zero-order valence-electron chi connectivity index (χ0n) is 41.5. The van der Waals surface area contributed by atoms with Gasteiger partial charge >= 0.3 is 0 Å². The summed E-state index contributed by atoms with van der Waals surface area (Å²) in [6.07, 6.45) is 9.08. The Morgan fingerprint density at radius 1 is 0.394 bits per heavy atom. The third-order valence-electron chi connectivity index (χ3n) is 17.5. The maximum absolute atomic E-state index is 2.51. The normalized spacial score (nSPS) is 14.6. The molecule has 0 aliphatic heterocycles. The molecule has 0 saturated heterocycles. The molecule has 340 valence electrons. The quantitative estimate of drug-likeness (QED) is 0.140. The Morgan fingerprint density at radius 3 is 1.49 bits per heavy atom. The molecule has 0 N–H and O–H groups in total. The molecule has 0 nitrogen and oxygen atoms in total. The van der Waals surface area contributed by atoms with Gasteiger partial charge in [0, 0.05) is 16.2 Å². The number of hydrogen-bond donors (Lipinski definition) is 0. The fraction of sp³-hybridized carbons (Fsp3) is 0.155. The van der Waals surface area contributed by atoms with Crippen LogP contribution >= 0.6 is 0 Å². The van der Waals surface area contributed by atoms with Gasteiger partial charge in [0.2, 0.25) is 0 Å². The summed E-state index contributed by atoms with van der Waals surface area (Å²) in [5, 5.41) is 10.8. The van der Waals surface area contributed by atoms with E-state index in [0.717, 1.165) is 12.8 Å². The molecule has 0 heterocycles. The summed E-state index contributed by atoms with van der Waals surface area (Å²) < 4.78 is 0. The molecule has 0 fully saturated rings. The number of fused-ring (bicyclic) bond motifs is 3. The lowest BCUT2D eigenvalue weighted by Gasteiger charge is -2.30. The molecule has 0 bridgehead atoms. The van der Waals surface area contributed by atoms with Crippen LogP contribution in [0.4, 0.5) is 0 Å². The SMILES string of the molecule is CC(C)(c1ccc(-c2ccc(-c3ccc4ccc5c6c4c3CC=C6CC=C5)cc2)cc1)c1ccc2c(c1)C(C)(C)c1cc(C(C)(C)c3ccc(-c4ccc5ccc6cccc7ccc4c5c67)cc3)ccc1-2. The molecule has 0 atom stereocenters. The van der Waals surface area contributed by atoms with Crippen molar-refractivity contribution in [3.05, 3.63) is 250 Å². The van der Waals surface area contributed by atoms with Crippen molar-refractivity contribution in [1.82, 2.24) is 0 Å². The van der Waals surface area contributed by atoms with E-state index in [1.165, 1.54) is 143 Å². The largest absolute Gasteiger partial charge is 0.0795 e. The molecule has 71 heavy (non-hydrogen) atoms. The van der Waals surface area contributed by atoms with Crippen LogP contribution in [0.5, 0.6) is 0 Å². The molecule has 0 unspecified atom stereocenters. The van der Waals surface area contributed by atoms with Crippen LogP contribution in [0.25, 0.3) is 99.2 Å². The lowest BCUT2D eigenvalue weighted by molar-refractivity contribution is 0.618. The van der Waals surface area contributed by atoms with E-state index in [1.807, 2.05) is 0 Å². The standard InChI is InChI=1S/C71H56/c1-69(2,53-29-21-44(22-30-53)43-13-15-45(16-14-43)57-35-25-51-19-17-47-9-7-11-49-27-37-61(57)67(51)65(47)49)55-33-39-59-60-40-34-56(42-64(60)71(5,6)63(59)41-55)70(3,4)54-31-23-46(24-32-54)58-36-26-52-20-18-48-10-8-12-50-28-38-62(58)68(52)66(48)50/h7-10,12-36,38-42H,11,37H2,1-6H3. The van der Waals surface area contributed by atoms with Crippen LogP contribution in [-0.2, 0) is 22.7 Å². The summed E-state index contributed by atoms with van der Waals surface area (Å²) in [5.41, 5.74) is 23.8. The third kappa shape index (κ3) is 6.23. The Bertz CT molecular complexity index is 4060. The van der Waals surface area contributed by atoms with E-state index in [1.54, 1.807) is 0 Å². The van der Waals surface area contributed by atoms with Crippen LogP contribution in [0, 0.1) is 0 Å². The molecule has 0 saturated carbocycles. The van der Waals surface area contributed by atoms with Crippen LogP contribution in [-0.4, -0.2) is 0 Å². The number of rotatable bonds is 7. The van der Waals surface area contributed by atoms with Gasteiger partial charge in [0.05, 0.1) is 0 Å². The van der Waals surface area contributed by atoms with Gasteiger partial charge < -0.3 is 0 Å². The first kappa shape index (κ1) is 42.1. The molecule has 0 amide bonds. The van der Waals surface area contributed by atoms with E-state index in [9.17, 15) is 0 Å². The summed E-state index contributed by atoms with van der Waals surface area (Å²) in [5.74, 6) is 0. The van der Waals surface area contributed by atoms with Gasteiger partial charge in [-0.1, -0.05) is 248 Å². The average Bonchev–Trinajstić information content (AvgIpc) is 3.64. The van der Waals surface area contributed by atoms with E-state index in [4.69, 9.17) is 0 Å². The highest BCUT2D eigenvalue weighted by atomic mass is 14.4. The molecular formula is C71H56. The molecule has 11 aromatic rings. The fourth-order valence-corrected chi connectivity index (χ4v) is 13.1. The molecular weight excluding hydrogens is 853 g/mol. The van der Waals surface area contributed by atoms with E-state index in [2.05, 4.69) is 248 Å². The van der Waals surface area contributed by atoms with Gasteiger partial charge in [-0.25, -0.2) is 0 Å². The minimum absolute atomic E-state index is 0.140. The average molecular weight is 909 g/mol. The summed E-state index contributed by atoms with van der Waals surface area (Å²) >= 11 is 0. The summed E-state index contributed by atoms with van der Waals surface area (Å²) in [6, 6.07) is 72.1. The Hall–Kier alpha value is -7.80. The van der Waals surface area contributed by atoms with Crippen LogP contribution in [0.3, 0.4) is 0 Å². The molecule has 3 aliphatic carbocycles. The lowest BCUT2D eigenvalue weighted by Crippen LogP contribution is -2.22. The second-order valence-electron chi connectivity index (χ2n) is 22.4. The predicted octanol–water partition coefficient (Wildman–Crippen LogP) is 19.1. The van der Waals surface area contributed by atoms with Gasteiger partial charge in [-0.3, -0.25) is 0 Å². The highest BCUT2D eigenvalue weighted by Crippen LogP contribution is 2.52. The minimum atomic E-state index is -0.185. The van der Waals surface area contributed by atoms with Crippen LogP contribution in [0.2, 0.25) is 0 Å². The number of benzene rings is 11. The molecule has 0 heteroatoms. The molecule has 3 aliphatic rings. The monoisotopic (exact) mass is 908 g/mol. The summed E-state index contributed by atoms with van der Waals surface area (Å²) in [4.78, 5) is 0. The second-order valence-corrected chi connectivity index (χ2v) is 22.4. The van der Waals surface area contributed by atoms with Crippen molar-refractivity contribution in [3.8, 4) is 44.5 Å². The van der Waals surface area contributed by atoms with Crippen LogP contribution in [0.15, 0.2) is 200 Å². The molecule has 14 rings (SSSR count). The first-order valence-electron chi connectivity index (χ1n) is 25.7. The Balaban J connectivity index is 0.715. The van der Waals surface area contributed by atoms with Crippen LogP contribution in [0.1, 0.15) is 98.0 Å². The zero-order chi connectivity index (χ0) is 48.0. The van der Waals surface area contributed by atoms with Crippen molar-refractivity contribution in [2.45, 2.75) is 70.6 Å². The maximum atomic E-state index is 2.51. The second kappa shape index (κ2) is 15.1. The zero-order valence-corrected chi connectivity index (χ0v) is 41.5. The number of hydrogen-bond acceptors (Lipinski definition) is 0. The minimum Gasteiger partial charge on any atom is -0.0795 e. The van der Waals surface area contributed by atoms with Gasteiger partial charge in [0.1, 0.15) is 0 Å². The Labute approximate surface area is 418 Å². The van der Waals surface area contributed by atoms with Gasteiger partial charge in [-0.15, -0.1) is 0 Å². The van der Waals surface area contributed by atoms with Crippen molar-refractivity contribution in [3.63, 3.8) is 0 Å². The van der Waals surface area contributed by atoms with Crippen LogP contribution < -0.4 is 0 Å². The van der Waals surface area contributed by atoms with E-state index >= 15 is 0 Å². The molecule has 11 aromatic carbocycles. The summed E-state index contributed by atoms with van der Waals surface area (Å²) in [7, 11) is 0. The number of allylic oxidation sites excluding steroid dienone is 3. The highest BCUT2D eigenvalue weighted by molar-refractivity contribution is 6.25. The smallest absolute Gasteiger partial charge is 0.0159 e. The van der Waals surface area contributed by atoms with E-state index in [-0.39, 0.29) is 16.2 Å². The van der Waals surface area contributed by atoms with Crippen molar-refractivity contribution >= 4 is 54.7 Å². The van der Waals surface area contributed by atoms with Gasteiger partial charge in [-0.2, -0.15) is 0 Å². The van der Waals surface area contributed by atoms with Crippen molar-refractivity contribution in [1.29, 1.82) is 0 Å².